The first-order chi connectivity index (χ1) is 9.70. The molecule has 20 heavy (non-hydrogen) atoms. The lowest BCUT2D eigenvalue weighted by Crippen LogP contribution is -2.21. The largest absolute Gasteiger partial charge is 0.496 e. The molecule has 0 aromatic heterocycles. The number of aliphatic hydroxyl groups excluding tert-OH is 1. The van der Waals surface area contributed by atoms with E-state index in [1.165, 1.54) is 0 Å². The summed E-state index contributed by atoms with van der Waals surface area (Å²) < 4.78 is 5.30. The molecule has 0 saturated carbocycles. The van der Waals surface area contributed by atoms with Crippen LogP contribution in [0.5, 0.6) is 5.75 Å². The lowest BCUT2D eigenvalue weighted by atomic mass is 10.1. The highest BCUT2D eigenvalue weighted by Crippen LogP contribution is 2.17. The molecule has 2 aromatic carbocycles. The van der Waals surface area contributed by atoms with Gasteiger partial charge in [-0.25, -0.2) is 0 Å². The Morgan fingerprint density at radius 3 is 2.70 bits per heavy atom. The number of methoxy groups -OCH3 is 1. The molecule has 0 saturated heterocycles. The first-order valence-corrected chi connectivity index (χ1v) is 6.78. The molecule has 2 rings (SSSR count). The number of rotatable bonds is 6. The van der Waals surface area contributed by atoms with Crippen LogP contribution in [0.4, 0.5) is 0 Å². The van der Waals surface area contributed by atoms with Crippen LogP contribution in [0.25, 0.3) is 0 Å². The van der Waals surface area contributed by atoms with E-state index in [1.54, 1.807) is 7.11 Å². The SMILES string of the molecule is COc1ccccc1CNC[C@H](O)c1cccc(C)c1. The second-order valence-electron chi connectivity index (χ2n) is 4.87. The van der Waals surface area contributed by atoms with Gasteiger partial charge in [-0.1, -0.05) is 48.0 Å². The number of hydrogen-bond acceptors (Lipinski definition) is 3. The molecule has 1 atom stereocenters. The van der Waals surface area contributed by atoms with E-state index in [4.69, 9.17) is 4.74 Å². The molecular formula is C17H21NO2. The summed E-state index contributed by atoms with van der Waals surface area (Å²) in [7, 11) is 1.67. The minimum Gasteiger partial charge on any atom is -0.496 e. The predicted molar refractivity (Wildman–Crippen MR) is 80.8 cm³/mol. The Kier molecular flexibility index (Phi) is 5.16. The third-order valence-corrected chi connectivity index (χ3v) is 3.27. The Morgan fingerprint density at radius 2 is 1.95 bits per heavy atom. The topological polar surface area (TPSA) is 41.5 Å². The Morgan fingerprint density at radius 1 is 1.15 bits per heavy atom. The van der Waals surface area contributed by atoms with Gasteiger partial charge in [-0.3, -0.25) is 0 Å². The smallest absolute Gasteiger partial charge is 0.123 e. The molecule has 3 nitrogen and oxygen atoms in total. The molecule has 2 aromatic rings. The molecule has 0 spiro atoms. The number of aryl methyl sites for hydroxylation is 1. The molecule has 106 valence electrons. The maximum Gasteiger partial charge on any atom is 0.123 e. The van der Waals surface area contributed by atoms with Crippen molar-refractivity contribution in [1.29, 1.82) is 0 Å². The zero-order chi connectivity index (χ0) is 14.4. The maximum atomic E-state index is 10.2. The van der Waals surface area contributed by atoms with Crippen molar-refractivity contribution < 1.29 is 9.84 Å². The van der Waals surface area contributed by atoms with Crippen molar-refractivity contribution >= 4 is 0 Å². The summed E-state index contributed by atoms with van der Waals surface area (Å²) in [4.78, 5) is 0. The normalized spacial score (nSPS) is 12.2. The average Bonchev–Trinajstić information content (AvgIpc) is 2.47. The van der Waals surface area contributed by atoms with Crippen molar-refractivity contribution in [1.82, 2.24) is 5.32 Å². The fraction of sp³-hybridized carbons (Fsp3) is 0.294. The van der Waals surface area contributed by atoms with Crippen LogP contribution in [0.1, 0.15) is 22.8 Å². The van der Waals surface area contributed by atoms with Gasteiger partial charge in [0.05, 0.1) is 13.2 Å². The van der Waals surface area contributed by atoms with E-state index in [0.29, 0.717) is 13.1 Å². The molecule has 0 heterocycles. The van der Waals surface area contributed by atoms with Crippen molar-refractivity contribution in [3.05, 3.63) is 65.2 Å². The predicted octanol–water partition coefficient (Wildman–Crippen LogP) is 2.83. The highest BCUT2D eigenvalue weighted by atomic mass is 16.5. The van der Waals surface area contributed by atoms with Gasteiger partial charge < -0.3 is 15.2 Å². The first-order valence-electron chi connectivity index (χ1n) is 6.78. The minimum absolute atomic E-state index is 0.496. The number of hydrogen-bond donors (Lipinski definition) is 2. The van der Waals surface area contributed by atoms with E-state index in [9.17, 15) is 5.11 Å². The van der Waals surface area contributed by atoms with Crippen molar-refractivity contribution in [3.63, 3.8) is 0 Å². The lowest BCUT2D eigenvalue weighted by Gasteiger charge is -2.14. The Labute approximate surface area is 120 Å². The average molecular weight is 271 g/mol. The summed E-state index contributed by atoms with van der Waals surface area (Å²) in [6.07, 6.45) is -0.496. The van der Waals surface area contributed by atoms with E-state index in [1.807, 2.05) is 55.5 Å². The Balaban J connectivity index is 1.89. The molecule has 0 aliphatic heterocycles. The second kappa shape index (κ2) is 7.08. The van der Waals surface area contributed by atoms with Gasteiger partial charge in [0.2, 0.25) is 0 Å². The second-order valence-corrected chi connectivity index (χ2v) is 4.87. The summed E-state index contributed by atoms with van der Waals surface area (Å²) >= 11 is 0. The molecule has 0 fully saturated rings. The quantitative estimate of drug-likeness (QED) is 0.849. The van der Waals surface area contributed by atoms with Crippen molar-refractivity contribution in [2.75, 3.05) is 13.7 Å². The molecule has 2 N–H and O–H groups in total. The molecule has 0 aliphatic carbocycles. The van der Waals surface area contributed by atoms with Crippen LogP contribution in [0.2, 0.25) is 0 Å². The van der Waals surface area contributed by atoms with E-state index in [-0.39, 0.29) is 0 Å². The number of benzene rings is 2. The van der Waals surface area contributed by atoms with Gasteiger partial charge in [0.15, 0.2) is 0 Å². The number of ether oxygens (including phenoxy) is 1. The van der Waals surface area contributed by atoms with Crippen LogP contribution < -0.4 is 10.1 Å². The van der Waals surface area contributed by atoms with Crippen molar-refractivity contribution in [3.8, 4) is 5.75 Å². The third-order valence-electron chi connectivity index (χ3n) is 3.27. The molecule has 0 radical (unpaired) electrons. The minimum atomic E-state index is -0.496. The van der Waals surface area contributed by atoms with Crippen LogP contribution in [-0.4, -0.2) is 18.8 Å². The van der Waals surface area contributed by atoms with Crippen molar-refractivity contribution in [2.24, 2.45) is 0 Å². The summed E-state index contributed by atoms with van der Waals surface area (Å²) in [6, 6.07) is 15.8. The van der Waals surface area contributed by atoms with Gasteiger partial charge in [-0.05, 0) is 18.6 Å². The molecule has 0 amide bonds. The molecule has 0 aliphatic rings. The number of aliphatic hydroxyl groups is 1. The fourth-order valence-electron chi connectivity index (χ4n) is 2.19. The molecule has 0 unspecified atom stereocenters. The highest BCUT2D eigenvalue weighted by molar-refractivity contribution is 5.33. The van der Waals surface area contributed by atoms with E-state index in [0.717, 1.165) is 22.4 Å². The molecular weight excluding hydrogens is 250 g/mol. The highest BCUT2D eigenvalue weighted by Gasteiger charge is 2.08. The summed E-state index contributed by atoms with van der Waals surface area (Å²) in [5.41, 5.74) is 3.19. The van der Waals surface area contributed by atoms with E-state index < -0.39 is 6.10 Å². The maximum absolute atomic E-state index is 10.2. The van der Waals surface area contributed by atoms with Gasteiger partial charge in [-0.15, -0.1) is 0 Å². The number of para-hydroxylation sites is 1. The van der Waals surface area contributed by atoms with Gasteiger partial charge in [-0.2, -0.15) is 0 Å². The van der Waals surface area contributed by atoms with E-state index in [2.05, 4.69) is 5.32 Å². The van der Waals surface area contributed by atoms with Gasteiger partial charge in [0.1, 0.15) is 5.75 Å². The zero-order valence-electron chi connectivity index (χ0n) is 12.0. The van der Waals surface area contributed by atoms with Gasteiger partial charge in [0, 0.05) is 18.7 Å². The molecule has 0 bridgehead atoms. The third kappa shape index (κ3) is 3.83. The summed E-state index contributed by atoms with van der Waals surface area (Å²) in [5, 5.41) is 13.4. The summed E-state index contributed by atoms with van der Waals surface area (Å²) in [6.45, 7) is 3.22. The zero-order valence-corrected chi connectivity index (χ0v) is 12.0. The standard InChI is InChI=1S/C17H21NO2/c1-13-6-5-8-14(10-13)16(19)12-18-11-15-7-3-4-9-17(15)20-2/h3-10,16,18-19H,11-12H2,1-2H3/t16-/m0/s1. The van der Waals surface area contributed by atoms with Gasteiger partial charge in [0.25, 0.3) is 0 Å². The van der Waals surface area contributed by atoms with Crippen LogP contribution in [0.15, 0.2) is 48.5 Å². The molecule has 3 heteroatoms. The first kappa shape index (κ1) is 14.6. The lowest BCUT2D eigenvalue weighted by molar-refractivity contribution is 0.174. The van der Waals surface area contributed by atoms with Crippen LogP contribution in [0, 0.1) is 6.92 Å². The number of nitrogens with one attached hydrogen (secondary N) is 1. The summed E-state index contributed by atoms with van der Waals surface area (Å²) in [5.74, 6) is 0.866. The van der Waals surface area contributed by atoms with Crippen LogP contribution >= 0.6 is 0 Å². The Hall–Kier alpha value is -1.84. The van der Waals surface area contributed by atoms with Crippen molar-refractivity contribution in [2.45, 2.75) is 19.6 Å². The Bertz CT molecular complexity index is 554. The van der Waals surface area contributed by atoms with Crippen LogP contribution in [-0.2, 0) is 6.54 Å². The van der Waals surface area contributed by atoms with E-state index >= 15 is 0 Å². The van der Waals surface area contributed by atoms with Gasteiger partial charge >= 0.3 is 0 Å². The monoisotopic (exact) mass is 271 g/mol. The fourth-order valence-corrected chi connectivity index (χ4v) is 2.19. The van der Waals surface area contributed by atoms with Crippen LogP contribution in [0.3, 0.4) is 0 Å².